The highest BCUT2D eigenvalue weighted by Crippen LogP contribution is 2.40. The second kappa shape index (κ2) is 9.37. The highest BCUT2D eigenvalue weighted by molar-refractivity contribution is 6.07. The molecule has 0 aliphatic rings. The van der Waals surface area contributed by atoms with Gasteiger partial charge in [-0.25, -0.2) is 0 Å². The predicted octanol–water partition coefficient (Wildman–Crippen LogP) is 11.8. The van der Waals surface area contributed by atoms with Gasteiger partial charge in [0, 0.05) is 44.7 Å². The lowest BCUT2D eigenvalue weighted by Gasteiger charge is -2.26. The third-order valence-corrected chi connectivity index (χ3v) is 8.45. The summed E-state index contributed by atoms with van der Waals surface area (Å²) in [5.41, 5.74) is 9.12. The summed E-state index contributed by atoms with van der Waals surface area (Å²) in [5.74, 6) is 0. The van der Waals surface area contributed by atoms with Crippen LogP contribution in [-0.4, -0.2) is 0 Å². The van der Waals surface area contributed by atoms with Crippen molar-refractivity contribution in [1.29, 1.82) is 0 Å². The standard InChI is InChI=1S/C40H25NO2/c1-2-8-28-23-31(19-15-26(28)7-1)41(32-20-21-35-33-9-3-5-11-37(33)43-40(35)25-32)30-17-13-27(14-18-30)29-16-22-39-36(24-29)34-10-4-6-12-38(34)42-39/h1-25H. The number of fused-ring (bicyclic) bond motifs is 7. The van der Waals surface area contributed by atoms with E-state index in [1.807, 2.05) is 24.3 Å². The van der Waals surface area contributed by atoms with Crippen LogP contribution in [-0.2, 0) is 0 Å². The van der Waals surface area contributed by atoms with Crippen LogP contribution in [0.4, 0.5) is 17.1 Å². The molecule has 9 aromatic rings. The molecule has 0 amide bonds. The molecular weight excluding hydrogens is 526 g/mol. The number of anilines is 3. The maximum absolute atomic E-state index is 6.29. The van der Waals surface area contributed by atoms with Crippen LogP contribution in [0.5, 0.6) is 0 Å². The molecule has 0 N–H and O–H groups in total. The molecule has 0 fully saturated rings. The second-order valence-corrected chi connectivity index (χ2v) is 11.0. The summed E-state index contributed by atoms with van der Waals surface area (Å²) >= 11 is 0. The van der Waals surface area contributed by atoms with Crippen LogP contribution < -0.4 is 4.90 Å². The maximum Gasteiger partial charge on any atom is 0.137 e. The molecule has 2 aromatic heterocycles. The van der Waals surface area contributed by atoms with Crippen molar-refractivity contribution in [1.82, 2.24) is 0 Å². The molecule has 0 bridgehead atoms. The van der Waals surface area contributed by atoms with Crippen LogP contribution in [0.3, 0.4) is 0 Å². The van der Waals surface area contributed by atoms with E-state index in [4.69, 9.17) is 8.83 Å². The van der Waals surface area contributed by atoms with Gasteiger partial charge in [0.05, 0.1) is 0 Å². The Morgan fingerprint density at radius 2 is 0.884 bits per heavy atom. The Morgan fingerprint density at radius 1 is 0.326 bits per heavy atom. The van der Waals surface area contributed by atoms with Gasteiger partial charge >= 0.3 is 0 Å². The Kier molecular flexibility index (Phi) is 5.20. The molecule has 0 atom stereocenters. The molecular formula is C40H25NO2. The predicted molar refractivity (Wildman–Crippen MR) is 179 cm³/mol. The van der Waals surface area contributed by atoms with Gasteiger partial charge < -0.3 is 13.7 Å². The lowest BCUT2D eigenvalue weighted by Crippen LogP contribution is -2.09. The molecule has 43 heavy (non-hydrogen) atoms. The van der Waals surface area contributed by atoms with Crippen molar-refractivity contribution in [2.45, 2.75) is 0 Å². The zero-order valence-electron chi connectivity index (χ0n) is 23.2. The number of para-hydroxylation sites is 2. The minimum atomic E-state index is 0.877. The lowest BCUT2D eigenvalue weighted by atomic mass is 10.0. The summed E-state index contributed by atoms with van der Waals surface area (Å²) in [4.78, 5) is 2.30. The Morgan fingerprint density at radius 3 is 1.70 bits per heavy atom. The number of benzene rings is 7. The van der Waals surface area contributed by atoms with Gasteiger partial charge in [0.15, 0.2) is 0 Å². The van der Waals surface area contributed by atoms with Gasteiger partial charge in [0.2, 0.25) is 0 Å². The first kappa shape index (κ1) is 23.9. The van der Waals surface area contributed by atoms with Crippen molar-refractivity contribution < 1.29 is 8.83 Å². The van der Waals surface area contributed by atoms with Crippen LogP contribution in [0.15, 0.2) is 160 Å². The third-order valence-electron chi connectivity index (χ3n) is 8.45. The number of hydrogen-bond acceptors (Lipinski definition) is 3. The number of nitrogens with zero attached hydrogens (tertiary/aromatic N) is 1. The van der Waals surface area contributed by atoms with E-state index in [2.05, 4.69) is 132 Å². The first-order chi connectivity index (χ1) is 21.3. The average molecular weight is 552 g/mol. The topological polar surface area (TPSA) is 29.5 Å². The fraction of sp³-hybridized carbons (Fsp3) is 0. The Bertz CT molecular complexity index is 2460. The summed E-state index contributed by atoms with van der Waals surface area (Å²) in [6.45, 7) is 0. The average Bonchev–Trinajstić information content (AvgIpc) is 3.63. The van der Waals surface area contributed by atoms with E-state index in [1.165, 1.54) is 10.8 Å². The fourth-order valence-electron chi connectivity index (χ4n) is 6.33. The van der Waals surface area contributed by atoms with Crippen molar-refractivity contribution in [3.63, 3.8) is 0 Å². The van der Waals surface area contributed by atoms with Crippen LogP contribution in [0.1, 0.15) is 0 Å². The van der Waals surface area contributed by atoms with Crippen molar-refractivity contribution >= 4 is 71.7 Å². The van der Waals surface area contributed by atoms with E-state index in [1.54, 1.807) is 0 Å². The molecule has 0 saturated heterocycles. The summed E-state index contributed by atoms with van der Waals surface area (Å²) < 4.78 is 12.3. The smallest absolute Gasteiger partial charge is 0.137 e. The monoisotopic (exact) mass is 551 g/mol. The minimum absolute atomic E-state index is 0.877. The molecule has 0 saturated carbocycles. The highest BCUT2D eigenvalue weighted by Gasteiger charge is 2.16. The van der Waals surface area contributed by atoms with Gasteiger partial charge in [-0.2, -0.15) is 0 Å². The zero-order chi connectivity index (χ0) is 28.3. The van der Waals surface area contributed by atoms with Gasteiger partial charge in [-0.15, -0.1) is 0 Å². The number of hydrogen-bond donors (Lipinski definition) is 0. The van der Waals surface area contributed by atoms with Gasteiger partial charge in [-0.05, 0) is 82.6 Å². The molecule has 0 aliphatic carbocycles. The van der Waals surface area contributed by atoms with Gasteiger partial charge in [-0.3, -0.25) is 0 Å². The van der Waals surface area contributed by atoms with Gasteiger partial charge in [0.1, 0.15) is 22.3 Å². The van der Waals surface area contributed by atoms with Gasteiger partial charge in [-0.1, -0.05) is 84.9 Å². The molecule has 0 unspecified atom stereocenters. The fourth-order valence-corrected chi connectivity index (χ4v) is 6.33. The van der Waals surface area contributed by atoms with Crippen LogP contribution in [0, 0.1) is 0 Å². The van der Waals surface area contributed by atoms with E-state index in [9.17, 15) is 0 Å². The molecule has 9 rings (SSSR count). The Labute approximate surface area is 247 Å². The third kappa shape index (κ3) is 3.90. The normalized spacial score (nSPS) is 11.7. The number of rotatable bonds is 4. The van der Waals surface area contributed by atoms with E-state index in [-0.39, 0.29) is 0 Å². The second-order valence-electron chi connectivity index (χ2n) is 11.0. The van der Waals surface area contributed by atoms with E-state index < -0.39 is 0 Å². The first-order valence-corrected chi connectivity index (χ1v) is 14.5. The van der Waals surface area contributed by atoms with Crippen molar-refractivity contribution in [3.05, 3.63) is 152 Å². The van der Waals surface area contributed by atoms with Crippen molar-refractivity contribution in [2.75, 3.05) is 4.90 Å². The largest absolute Gasteiger partial charge is 0.456 e. The van der Waals surface area contributed by atoms with Crippen molar-refractivity contribution in [3.8, 4) is 11.1 Å². The van der Waals surface area contributed by atoms with Crippen molar-refractivity contribution in [2.24, 2.45) is 0 Å². The number of furan rings is 2. The Balaban J connectivity index is 1.17. The summed E-state index contributed by atoms with van der Waals surface area (Å²) in [7, 11) is 0. The molecule has 2 heterocycles. The van der Waals surface area contributed by atoms with Crippen LogP contribution >= 0.6 is 0 Å². The molecule has 202 valence electrons. The SMILES string of the molecule is c1ccc2cc(N(c3ccc(-c4ccc5oc6ccccc6c5c4)cc3)c3ccc4c(c3)oc3ccccc34)ccc2c1. The Hall–Kier alpha value is -5.80. The van der Waals surface area contributed by atoms with Crippen LogP contribution in [0.25, 0.3) is 65.8 Å². The summed E-state index contributed by atoms with van der Waals surface area (Å²) in [5, 5.41) is 6.94. The van der Waals surface area contributed by atoms with Crippen LogP contribution in [0.2, 0.25) is 0 Å². The summed E-state index contributed by atoms with van der Waals surface area (Å²) in [6.07, 6.45) is 0. The molecule has 3 nitrogen and oxygen atoms in total. The molecule has 0 aliphatic heterocycles. The minimum Gasteiger partial charge on any atom is -0.456 e. The molecule has 7 aromatic carbocycles. The first-order valence-electron chi connectivity index (χ1n) is 14.5. The van der Waals surface area contributed by atoms with E-state index in [0.717, 1.165) is 72.1 Å². The van der Waals surface area contributed by atoms with E-state index in [0.29, 0.717) is 0 Å². The molecule has 3 heteroatoms. The zero-order valence-corrected chi connectivity index (χ0v) is 23.2. The highest BCUT2D eigenvalue weighted by atomic mass is 16.3. The molecule has 0 spiro atoms. The van der Waals surface area contributed by atoms with E-state index >= 15 is 0 Å². The maximum atomic E-state index is 6.29. The summed E-state index contributed by atoms with van der Waals surface area (Å²) in [6, 6.07) is 53.3. The van der Waals surface area contributed by atoms with Gasteiger partial charge in [0.25, 0.3) is 0 Å². The quantitative estimate of drug-likeness (QED) is 0.218. The molecule has 0 radical (unpaired) electrons. The lowest BCUT2D eigenvalue weighted by molar-refractivity contribution is 0.668.